The van der Waals surface area contributed by atoms with Crippen LogP contribution in [0.1, 0.15) is 13.8 Å². The molecule has 0 bridgehead atoms. The zero-order valence-electron chi connectivity index (χ0n) is 5.82. The molecule has 0 spiro atoms. The summed E-state index contributed by atoms with van der Waals surface area (Å²) in [5.41, 5.74) is 0. The average molecular weight is 124 g/mol. The first-order chi connectivity index (χ1) is 3.18. The van der Waals surface area contributed by atoms with Crippen LogP contribution < -0.4 is 29.6 Å². The van der Waals surface area contributed by atoms with E-state index < -0.39 is 0 Å². The average Bonchev–Trinajstić information content (AvgIpc) is 1.65. The molecule has 3 heteroatoms. The van der Waals surface area contributed by atoms with Gasteiger partial charge in [-0.25, -0.2) is 0 Å². The second-order valence-electron chi connectivity index (χ2n) is 1.49. The minimum Gasteiger partial charge on any atom is -0.491 e. The van der Waals surface area contributed by atoms with Gasteiger partial charge in [-0.15, -0.1) is 0 Å². The van der Waals surface area contributed by atoms with Gasteiger partial charge in [0, 0.05) is 0 Å². The molecule has 0 rings (SSSR count). The van der Waals surface area contributed by atoms with Gasteiger partial charge in [0.2, 0.25) is 0 Å². The first kappa shape index (κ1) is 11.2. The second-order valence-corrected chi connectivity index (χ2v) is 1.49. The van der Waals surface area contributed by atoms with Crippen molar-refractivity contribution in [1.29, 1.82) is 0 Å². The molecule has 0 saturated heterocycles. The number of rotatable bonds is 1. The maximum atomic E-state index is 10.3. The molecule has 42 valence electrons. The molecule has 8 heavy (non-hydrogen) atoms. The van der Waals surface area contributed by atoms with Gasteiger partial charge in [0.15, 0.2) is 5.97 Å². The molecule has 2 nitrogen and oxygen atoms in total. The van der Waals surface area contributed by atoms with Gasteiger partial charge in [-0.3, -0.25) is 10.7 Å². The van der Waals surface area contributed by atoms with Gasteiger partial charge >= 0.3 is 29.6 Å². The van der Waals surface area contributed by atoms with Gasteiger partial charge in [0.25, 0.3) is 0 Å². The molecule has 0 aliphatic heterocycles. The topological polar surface area (TPSA) is 26.3 Å². The first-order valence-corrected chi connectivity index (χ1v) is 2.07. The van der Waals surface area contributed by atoms with E-state index in [0.717, 1.165) is 0 Å². The minimum atomic E-state index is -0.236. The predicted octanol–water partition coefficient (Wildman–Crippen LogP) is -2.22. The Morgan fingerprint density at radius 3 is 1.88 bits per heavy atom. The van der Waals surface area contributed by atoms with Crippen molar-refractivity contribution in [2.75, 3.05) is 7.11 Å². The van der Waals surface area contributed by atoms with Crippen molar-refractivity contribution in [2.24, 2.45) is 0 Å². The van der Waals surface area contributed by atoms with Gasteiger partial charge in [-0.05, 0) is 0 Å². The number of ether oxygens (including phenoxy) is 1. The molecule has 0 radical (unpaired) electrons. The Bertz CT molecular complexity index is 70.8. The number of carbonyl (C=O) groups is 1. The standard InChI is InChI=1S/C5H9O2.Na/c1-4(2)5(6)7-3;/h1-3H3;/q-1;+1. The predicted molar refractivity (Wildman–Crippen MR) is 26.6 cm³/mol. The molecule has 0 fully saturated rings. The SMILES string of the molecule is COC(=O)[C-](C)C.[Na+]. The van der Waals surface area contributed by atoms with E-state index in [-0.39, 0.29) is 35.5 Å². The molecule has 0 atom stereocenters. The van der Waals surface area contributed by atoms with Crippen LogP contribution in [-0.4, -0.2) is 13.1 Å². The Morgan fingerprint density at radius 2 is 1.88 bits per heavy atom. The number of methoxy groups -OCH3 is 1. The van der Waals surface area contributed by atoms with Crippen LogP contribution in [0.15, 0.2) is 0 Å². The van der Waals surface area contributed by atoms with E-state index in [1.165, 1.54) is 7.11 Å². The van der Waals surface area contributed by atoms with Crippen LogP contribution in [0.2, 0.25) is 0 Å². The third kappa shape index (κ3) is 4.50. The first-order valence-electron chi connectivity index (χ1n) is 2.07. The fourth-order valence-electron chi connectivity index (χ4n) is 0.204. The molecule has 0 amide bonds. The van der Waals surface area contributed by atoms with E-state index in [4.69, 9.17) is 0 Å². The minimum absolute atomic E-state index is 0. The Kier molecular flexibility index (Phi) is 7.65. The van der Waals surface area contributed by atoms with Crippen molar-refractivity contribution in [3.05, 3.63) is 5.92 Å². The van der Waals surface area contributed by atoms with Crippen molar-refractivity contribution >= 4 is 5.97 Å². The fraction of sp³-hybridized carbons (Fsp3) is 0.600. The summed E-state index contributed by atoms with van der Waals surface area (Å²) in [7, 11) is 1.37. The normalized spacial score (nSPS) is 6.88. The molecule has 0 heterocycles. The molecule has 0 saturated carbocycles. The van der Waals surface area contributed by atoms with E-state index in [1.807, 2.05) is 0 Å². The number of hydrogen-bond donors (Lipinski definition) is 0. The van der Waals surface area contributed by atoms with Crippen LogP contribution >= 0.6 is 0 Å². The zero-order chi connectivity index (χ0) is 5.86. The van der Waals surface area contributed by atoms with Crippen molar-refractivity contribution in [1.82, 2.24) is 0 Å². The molecule has 0 unspecified atom stereocenters. The number of hydrogen-bond acceptors (Lipinski definition) is 2. The summed E-state index contributed by atoms with van der Waals surface area (Å²) in [5, 5.41) is 0. The monoisotopic (exact) mass is 124 g/mol. The Balaban J connectivity index is 0. The Morgan fingerprint density at radius 1 is 1.50 bits per heavy atom. The van der Waals surface area contributed by atoms with Crippen molar-refractivity contribution < 1.29 is 39.1 Å². The van der Waals surface area contributed by atoms with Crippen molar-refractivity contribution in [2.45, 2.75) is 13.8 Å². The van der Waals surface area contributed by atoms with Gasteiger partial charge in [-0.2, -0.15) is 13.8 Å². The maximum absolute atomic E-state index is 10.3. The third-order valence-electron chi connectivity index (χ3n) is 0.594. The van der Waals surface area contributed by atoms with Crippen LogP contribution in [0.5, 0.6) is 0 Å². The van der Waals surface area contributed by atoms with Crippen molar-refractivity contribution in [3.8, 4) is 0 Å². The molecule has 0 aromatic rings. The number of carbonyl (C=O) groups excluding carboxylic acids is 1. The molecule has 0 aromatic carbocycles. The summed E-state index contributed by atoms with van der Waals surface area (Å²) >= 11 is 0. The molecular weight excluding hydrogens is 115 g/mol. The van der Waals surface area contributed by atoms with Gasteiger partial charge in [0.05, 0.1) is 7.11 Å². The molecule has 0 aliphatic carbocycles. The summed E-state index contributed by atoms with van der Waals surface area (Å²) in [5.74, 6) is 0.447. The summed E-state index contributed by atoms with van der Waals surface area (Å²) < 4.78 is 4.34. The fourth-order valence-corrected chi connectivity index (χ4v) is 0.204. The molecule has 0 aliphatic rings. The largest absolute Gasteiger partial charge is 1.00 e. The molecular formula is C5H9NaO2. The smallest absolute Gasteiger partial charge is 0.491 e. The van der Waals surface area contributed by atoms with Crippen LogP contribution in [0, 0.1) is 5.92 Å². The van der Waals surface area contributed by atoms with Gasteiger partial charge in [0.1, 0.15) is 0 Å². The van der Waals surface area contributed by atoms with E-state index >= 15 is 0 Å². The van der Waals surface area contributed by atoms with Crippen LogP contribution in [0.25, 0.3) is 0 Å². The van der Waals surface area contributed by atoms with E-state index in [2.05, 4.69) is 4.74 Å². The summed E-state index contributed by atoms with van der Waals surface area (Å²) in [6, 6.07) is 0. The summed E-state index contributed by atoms with van der Waals surface area (Å²) in [6.45, 7) is 3.43. The van der Waals surface area contributed by atoms with Crippen LogP contribution in [-0.2, 0) is 9.53 Å². The van der Waals surface area contributed by atoms with Crippen molar-refractivity contribution in [3.63, 3.8) is 0 Å². The van der Waals surface area contributed by atoms with Crippen LogP contribution in [0.4, 0.5) is 0 Å². The Labute approximate surface area is 71.9 Å². The molecule has 0 aromatic heterocycles. The van der Waals surface area contributed by atoms with Crippen LogP contribution in [0.3, 0.4) is 0 Å². The summed E-state index contributed by atoms with van der Waals surface area (Å²) in [6.07, 6.45) is 0. The second kappa shape index (κ2) is 5.48. The van der Waals surface area contributed by atoms with E-state index in [9.17, 15) is 4.79 Å². The molecule has 0 N–H and O–H groups in total. The zero-order valence-corrected chi connectivity index (χ0v) is 7.82. The van der Waals surface area contributed by atoms with Gasteiger partial charge < -0.3 is 4.74 Å². The van der Waals surface area contributed by atoms with Gasteiger partial charge in [-0.1, -0.05) is 0 Å². The quantitative estimate of drug-likeness (QED) is 0.225. The summed E-state index contributed by atoms with van der Waals surface area (Å²) in [4.78, 5) is 10.3. The Hall–Kier alpha value is 0.340. The number of esters is 1. The van der Waals surface area contributed by atoms with E-state index in [1.54, 1.807) is 13.8 Å². The third-order valence-corrected chi connectivity index (χ3v) is 0.594. The maximum Gasteiger partial charge on any atom is 1.00 e. The van der Waals surface area contributed by atoms with E-state index in [0.29, 0.717) is 5.92 Å².